The van der Waals surface area contributed by atoms with Crippen LogP contribution in [0.1, 0.15) is 50.3 Å². The zero-order valence-corrected chi connectivity index (χ0v) is 23.8. The number of fused-ring (bicyclic) bond motifs is 8. The van der Waals surface area contributed by atoms with Crippen LogP contribution in [-0.4, -0.2) is 57.6 Å². The number of hydrogen-bond donors (Lipinski definition) is 1. The van der Waals surface area contributed by atoms with E-state index in [-0.39, 0.29) is 23.3 Å². The van der Waals surface area contributed by atoms with Gasteiger partial charge in [-0.3, -0.25) is 4.79 Å². The first-order valence-electron chi connectivity index (χ1n) is 14.4. The van der Waals surface area contributed by atoms with Gasteiger partial charge in [0.05, 0.1) is 29.9 Å². The molecule has 7 rings (SSSR count). The van der Waals surface area contributed by atoms with Gasteiger partial charge in [-0.25, -0.2) is 13.8 Å². The van der Waals surface area contributed by atoms with E-state index in [0.717, 1.165) is 44.0 Å². The van der Waals surface area contributed by atoms with Gasteiger partial charge in [-0.15, -0.1) is 0 Å². The van der Waals surface area contributed by atoms with Crippen molar-refractivity contribution in [2.75, 3.05) is 31.2 Å². The first-order valence-corrected chi connectivity index (χ1v) is 14.4. The van der Waals surface area contributed by atoms with Crippen molar-refractivity contribution in [3.05, 3.63) is 65.4 Å². The number of benzene rings is 2. The minimum Gasteiger partial charge on any atom is -0.493 e. The van der Waals surface area contributed by atoms with E-state index in [1.165, 1.54) is 6.07 Å². The maximum Gasteiger partial charge on any atom is 0.308 e. The normalized spacial score (nSPS) is 17.2. The van der Waals surface area contributed by atoms with Crippen molar-refractivity contribution in [1.82, 2.24) is 14.6 Å². The summed E-state index contributed by atoms with van der Waals surface area (Å²) in [5.41, 5.74) is 3.60. The van der Waals surface area contributed by atoms with Crippen molar-refractivity contribution in [1.29, 1.82) is 0 Å². The SMILES string of the molecule is Cc1nc2cc3nn2c(c1CC(=O)O)N1CCC(C)(CC1)OCCCCCOc1cc(F)cc(F)c1-c1cccc-3c1. The monoisotopic (exact) mass is 576 g/mol. The molecule has 220 valence electrons. The summed E-state index contributed by atoms with van der Waals surface area (Å²) < 4.78 is 43.4. The van der Waals surface area contributed by atoms with E-state index in [4.69, 9.17) is 19.6 Å². The summed E-state index contributed by atoms with van der Waals surface area (Å²) in [5, 5.41) is 14.6. The molecule has 1 N–H and O–H groups in total. The number of carbonyl (C=O) groups is 1. The highest BCUT2D eigenvalue weighted by molar-refractivity contribution is 5.78. The van der Waals surface area contributed by atoms with E-state index in [1.54, 1.807) is 22.7 Å². The summed E-state index contributed by atoms with van der Waals surface area (Å²) in [4.78, 5) is 18.8. The van der Waals surface area contributed by atoms with Gasteiger partial charge in [0.2, 0.25) is 0 Å². The van der Waals surface area contributed by atoms with Gasteiger partial charge in [-0.05, 0) is 57.6 Å². The fourth-order valence-corrected chi connectivity index (χ4v) is 5.96. The largest absolute Gasteiger partial charge is 0.493 e. The van der Waals surface area contributed by atoms with E-state index in [2.05, 4.69) is 11.8 Å². The van der Waals surface area contributed by atoms with Gasteiger partial charge in [0, 0.05) is 54.7 Å². The lowest BCUT2D eigenvalue weighted by Crippen LogP contribution is -2.45. The zero-order chi connectivity index (χ0) is 29.4. The third kappa shape index (κ3) is 5.55. The Labute approximate surface area is 242 Å². The fraction of sp³-hybridized carbons (Fsp3) is 0.406. The molecule has 4 aromatic rings. The average Bonchev–Trinajstić information content (AvgIpc) is 3.36. The first-order chi connectivity index (χ1) is 20.2. The van der Waals surface area contributed by atoms with E-state index in [1.807, 2.05) is 19.1 Å². The number of hydrogen-bond acceptors (Lipinski definition) is 6. The summed E-state index contributed by atoms with van der Waals surface area (Å²) in [7, 11) is 0. The van der Waals surface area contributed by atoms with Crippen LogP contribution in [0.25, 0.3) is 28.0 Å². The molecule has 42 heavy (non-hydrogen) atoms. The van der Waals surface area contributed by atoms with Crippen molar-refractivity contribution in [2.45, 2.75) is 58.0 Å². The topological polar surface area (TPSA) is 89.2 Å². The number of carboxylic acid groups (broad SMARTS) is 1. The minimum atomic E-state index is -0.938. The van der Waals surface area contributed by atoms with E-state index < -0.39 is 17.6 Å². The molecule has 0 aliphatic carbocycles. The van der Waals surface area contributed by atoms with Crippen LogP contribution in [0.15, 0.2) is 42.5 Å². The number of anilines is 1. The summed E-state index contributed by atoms with van der Waals surface area (Å²) in [6, 6.07) is 11.2. The molecular weight excluding hydrogens is 542 g/mol. The zero-order valence-electron chi connectivity index (χ0n) is 23.8. The van der Waals surface area contributed by atoms with Crippen molar-refractivity contribution < 1.29 is 28.2 Å². The van der Waals surface area contributed by atoms with Crippen LogP contribution in [-0.2, 0) is 16.0 Å². The lowest BCUT2D eigenvalue weighted by molar-refractivity contribution is -0.136. The summed E-state index contributed by atoms with van der Waals surface area (Å²) >= 11 is 0. The van der Waals surface area contributed by atoms with Crippen LogP contribution < -0.4 is 9.64 Å². The maximum atomic E-state index is 15.2. The molecule has 6 bridgehead atoms. The number of aromatic nitrogens is 3. The van der Waals surface area contributed by atoms with Gasteiger partial charge in [0.25, 0.3) is 0 Å². The Kier molecular flexibility index (Phi) is 7.57. The highest BCUT2D eigenvalue weighted by atomic mass is 19.1. The highest BCUT2D eigenvalue weighted by Crippen LogP contribution is 2.37. The number of piperidine rings is 1. The second-order valence-electron chi connectivity index (χ2n) is 11.4. The van der Waals surface area contributed by atoms with Crippen LogP contribution in [0.4, 0.5) is 14.6 Å². The smallest absolute Gasteiger partial charge is 0.308 e. The Balaban J connectivity index is 1.50. The highest BCUT2D eigenvalue weighted by Gasteiger charge is 2.33. The molecule has 0 atom stereocenters. The predicted octanol–water partition coefficient (Wildman–Crippen LogP) is 6.22. The van der Waals surface area contributed by atoms with Gasteiger partial charge in [-0.1, -0.05) is 18.2 Å². The molecule has 1 saturated heterocycles. The van der Waals surface area contributed by atoms with Crippen molar-refractivity contribution in [3.63, 3.8) is 0 Å². The molecule has 10 heteroatoms. The van der Waals surface area contributed by atoms with Crippen molar-refractivity contribution in [2.24, 2.45) is 0 Å². The second-order valence-corrected chi connectivity index (χ2v) is 11.4. The third-order valence-electron chi connectivity index (χ3n) is 8.29. The molecule has 8 nitrogen and oxygen atoms in total. The lowest BCUT2D eigenvalue weighted by atomic mass is 9.92. The molecular formula is C32H34F2N4O4. The number of ether oxygens (including phenoxy) is 2. The molecule has 0 spiro atoms. The van der Waals surface area contributed by atoms with Gasteiger partial charge in [-0.2, -0.15) is 9.61 Å². The number of nitrogens with zero attached hydrogens (tertiary/aromatic N) is 4. The number of aliphatic carboxylic acids is 1. The number of carboxylic acids is 1. The Morgan fingerprint density at radius 1 is 1.05 bits per heavy atom. The van der Waals surface area contributed by atoms with Crippen LogP contribution in [0.2, 0.25) is 0 Å². The molecule has 2 aromatic heterocycles. The van der Waals surface area contributed by atoms with E-state index in [9.17, 15) is 14.3 Å². The molecule has 0 unspecified atom stereocenters. The molecule has 1 fully saturated rings. The van der Waals surface area contributed by atoms with Gasteiger partial charge < -0.3 is 19.5 Å². The number of halogens is 2. The molecule has 0 radical (unpaired) electrons. The molecule has 3 aliphatic rings. The van der Waals surface area contributed by atoms with Crippen LogP contribution in [0.5, 0.6) is 5.75 Å². The molecule has 0 saturated carbocycles. The van der Waals surface area contributed by atoms with E-state index >= 15 is 4.39 Å². The summed E-state index contributed by atoms with van der Waals surface area (Å²) in [6.07, 6.45) is 3.83. The van der Waals surface area contributed by atoms with Crippen molar-refractivity contribution in [3.8, 4) is 28.1 Å². The Hall–Kier alpha value is -4.05. The molecule has 5 heterocycles. The van der Waals surface area contributed by atoms with Gasteiger partial charge >= 0.3 is 5.97 Å². The van der Waals surface area contributed by atoms with Crippen molar-refractivity contribution >= 4 is 17.4 Å². The summed E-state index contributed by atoms with van der Waals surface area (Å²) in [5.74, 6) is -1.47. The minimum absolute atomic E-state index is 0.154. The number of rotatable bonds is 2. The number of aryl methyl sites for hydroxylation is 1. The Morgan fingerprint density at radius 3 is 2.60 bits per heavy atom. The average molecular weight is 577 g/mol. The van der Waals surface area contributed by atoms with Crippen LogP contribution in [0, 0.1) is 18.6 Å². The third-order valence-corrected chi connectivity index (χ3v) is 8.29. The van der Waals surface area contributed by atoms with E-state index in [0.29, 0.717) is 60.0 Å². The van der Waals surface area contributed by atoms with Gasteiger partial charge in [0.15, 0.2) is 5.65 Å². The van der Waals surface area contributed by atoms with Crippen LogP contribution in [0.3, 0.4) is 0 Å². The molecule has 0 amide bonds. The van der Waals surface area contributed by atoms with Crippen LogP contribution >= 0.6 is 0 Å². The quantitative estimate of drug-likeness (QED) is 0.303. The standard InChI is InChI=1S/C32H34F2N4O4/c1-20-24(18-29(39)40)31-37-11-9-32(2,10-12-37)42-14-5-3-4-13-41-27-17-23(33)16-25(34)30(27)22-8-6-7-21(15-22)26-19-28(35-20)38(31)36-26/h6-8,15-17,19H,3-5,9-14,18H2,1-2H3,(H,39,40). The lowest BCUT2D eigenvalue weighted by Gasteiger charge is -2.41. The summed E-state index contributed by atoms with van der Waals surface area (Å²) in [6.45, 7) is 6.27. The maximum absolute atomic E-state index is 15.2. The first kappa shape index (κ1) is 28.1. The molecule has 3 aliphatic heterocycles. The second kappa shape index (κ2) is 11.3. The Bertz CT molecular complexity index is 1650. The Morgan fingerprint density at radius 2 is 1.81 bits per heavy atom. The van der Waals surface area contributed by atoms with Gasteiger partial charge in [0.1, 0.15) is 23.2 Å². The predicted molar refractivity (Wildman–Crippen MR) is 155 cm³/mol. The fourth-order valence-electron chi connectivity index (χ4n) is 5.96. The molecule has 2 aromatic carbocycles.